The molecular formula is C12H17NO3. The van der Waals surface area contributed by atoms with Crippen molar-refractivity contribution in [1.29, 1.82) is 0 Å². The van der Waals surface area contributed by atoms with Gasteiger partial charge < -0.3 is 19.5 Å². The Hall–Kier alpha value is -1.42. The lowest BCUT2D eigenvalue weighted by Gasteiger charge is -2.21. The van der Waals surface area contributed by atoms with Crippen LogP contribution in [0.1, 0.15) is 12.0 Å². The monoisotopic (exact) mass is 223 g/mol. The van der Waals surface area contributed by atoms with E-state index in [1.165, 1.54) is 0 Å². The van der Waals surface area contributed by atoms with Crippen molar-refractivity contribution in [3.05, 3.63) is 17.7 Å². The molecule has 1 aliphatic rings. The number of hydrogen-bond donors (Lipinski definition) is 1. The number of fused-ring (bicyclic) bond motifs is 1. The molecule has 0 fully saturated rings. The second-order valence-corrected chi connectivity index (χ2v) is 3.99. The summed E-state index contributed by atoms with van der Waals surface area (Å²) in [6, 6.07) is 3.99. The van der Waals surface area contributed by atoms with E-state index in [1.807, 2.05) is 26.1 Å². The van der Waals surface area contributed by atoms with Gasteiger partial charge in [-0.2, -0.15) is 0 Å². The molecule has 0 bridgehead atoms. The van der Waals surface area contributed by atoms with Crippen LogP contribution in [0.15, 0.2) is 12.1 Å². The Kier molecular flexibility index (Phi) is 3.19. The summed E-state index contributed by atoms with van der Waals surface area (Å²) < 4.78 is 10.7. The summed E-state index contributed by atoms with van der Waals surface area (Å²) in [5, 5.41) is 8.81. The van der Waals surface area contributed by atoms with Gasteiger partial charge in [0.1, 0.15) is 0 Å². The molecule has 1 aromatic carbocycles. The van der Waals surface area contributed by atoms with Gasteiger partial charge in [0, 0.05) is 32.0 Å². The van der Waals surface area contributed by atoms with Crippen molar-refractivity contribution >= 4 is 5.69 Å². The zero-order chi connectivity index (χ0) is 11.5. The van der Waals surface area contributed by atoms with Gasteiger partial charge in [-0.15, -0.1) is 0 Å². The maximum absolute atomic E-state index is 8.81. The molecule has 1 N–H and O–H groups in total. The molecule has 1 aromatic rings. The average molecular weight is 223 g/mol. The summed E-state index contributed by atoms with van der Waals surface area (Å²) >= 11 is 0. The normalized spacial score (nSPS) is 12.9. The Morgan fingerprint density at radius 2 is 2.00 bits per heavy atom. The Morgan fingerprint density at radius 1 is 1.31 bits per heavy atom. The van der Waals surface area contributed by atoms with E-state index >= 15 is 0 Å². The number of ether oxygens (including phenoxy) is 2. The molecule has 0 saturated heterocycles. The molecule has 1 heterocycles. The molecule has 0 radical (unpaired) electrons. The Morgan fingerprint density at radius 3 is 2.69 bits per heavy atom. The third-order valence-corrected chi connectivity index (χ3v) is 2.75. The number of rotatable bonds is 4. The average Bonchev–Trinajstić information content (AvgIpc) is 2.71. The first-order valence-corrected chi connectivity index (χ1v) is 5.44. The van der Waals surface area contributed by atoms with Gasteiger partial charge in [0.05, 0.1) is 0 Å². The molecule has 88 valence electrons. The van der Waals surface area contributed by atoms with Crippen LogP contribution < -0.4 is 14.4 Å². The molecule has 0 unspecified atom stereocenters. The molecule has 2 rings (SSSR count). The van der Waals surface area contributed by atoms with Crippen molar-refractivity contribution < 1.29 is 14.6 Å². The highest BCUT2D eigenvalue weighted by atomic mass is 16.7. The Bertz CT molecular complexity index is 379. The summed E-state index contributed by atoms with van der Waals surface area (Å²) in [6.45, 7) is 3.40. The van der Waals surface area contributed by atoms with Gasteiger partial charge in [0.15, 0.2) is 11.5 Å². The highest BCUT2D eigenvalue weighted by molar-refractivity contribution is 5.61. The van der Waals surface area contributed by atoms with Crippen LogP contribution in [0.25, 0.3) is 0 Å². The number of benzene rings is 1. The maximum atomic E-state index is 8.81. The lowest BCUT2D eigenvalue weighted by atomic mass is 10.1. The molecular weight excluding hydrogens is 206 g/mol. The van der Waals surface area contributed by atoms with E-state index in [0.717, 1.165) is 35.7 Å². The van der Waals surface area contributed by atoms with Crippen molar-refractivity contribution in [2.75, 3.05) is 31.9 Å². The van der Waals surface area contributed by atoms with E-state index in [9.17, 15) is 0 Å². The molecule has 16 heavy (non-hydrogen) atoms. The van der Waals surface area contributed by atoms with Crippen LogP contribution >= 0.6 is 0 Å². The van der Waals surface area contributed by atoms with Gasteiger partial charge in [0.25, 0.3) is 0 Å². The fourth-order valence-electron chi connectivity index (χ4n) is 1.87. The van der Waals surface area contributed by atoms with Crippen molar-refractivity contribution in [1.82, 2.24) is 0 Å². The van der Waals surface area contributed by atoms with Crippen LogP contribution in [0.3, 0.4) is 0 Å². The lowest BCUT2D eigenvalue weighted by molar-refractivity contribution is 0.174. The number of nitrogens with zero attached hydrogens (tertiary/aromatic N) is 1. The predicted molar refractivity (Wildman–Crippen MR) is 62.3 cm³/mol. The minimum Gasteiger partial charge on any atom is -0.454 e. The van der Waals surface area contributed by atoms with Gasteiger partial charge in [-0.3, -0.25) is 0 Å². The largest absolute Gasteiger partial charge is 0.454 e. The summed E-state index contributed by atoms with van der Waals surface area (Å²) in [5.41, 5.74) is 2.28. The zero-order valence-electron chi connectivity index (χ0n) is 9.69. The van der Waals surface area contributed by atoms with E-state index in [1.54, 1.807) is 0 Å². The molecule has 4 heteroatoms. The maximum Gasteiger partial charge on any atom is 0.231 e. The van der Waals surface area contributed by atoms with Crippen molar-refractivity contribution in [2.45, 2.75) is 13.3 Å². The standard InChI is InChI=1S/C12H17NO3/c1-9-6-11-12(16-8-15-11)7-10(9)13(2)4-3-5-14/h6-7,14H,3-5,8H2,1-2H3. The van der Waals surface area contributed by atoms with E-state index in [0.29, 0.717) is 6.79 Å². The number of aliphatic hydroxyl groups excluding tert-OH is 1. The van der Waals surface area contributed by atoms with Crippen LogP contribution in [-0.4, -0.2) is 32.1 Å². The van der Waals surface area contributed by atoms with Crippen LogP contribution in [0.2, 0.25) is 0 Å². The van der Waals surface area contributed by atoms with E-state index in [2.05, 4.69) is 4.90 Å². The first kappa shape index (κ1) is 11.1. The Balaban J connectivity index is 2.20. The van der Waals surface area contributed by atoms with Crippen molar-refractivity contribution in [3.8, 4) is 11.5 Å². The minimum atomic E-state index is 0.216. The topological polar surface area (TPSA) is 41.9 Å². The molecule has 0 aliphatic carbocycles. The fraction of sp³-hybridized carbons (Fsp3) is 0.500. The summed E-state index contributed by atoms with van der Waals surface area (Å²) in [6.07, 6.45) is 0.768. The quantitative estimate of drug-likeness (QED) is 0.840. The van der Waals surface area contributed by atoms with Gasteiger partial charge in [-0.25, -0.2) is 0 Å². The molecule has 0 saturated carbocycles. The van der Waals surface area contributed by atoms with Crippen LogP contribution in [0.4, 0.5) is 5.69 Å². The predicted octanol–water partition coefficient (Wildman–Crippen LogP) is 1.54. The van der Waals surface area contributed by atoms with Crippen LogP contribution in [0.5, 0.6) is 11.5 Å². The van der Waals surface area contributed by atoms with Gasteiger partial charge in [-0.05, 0) is 25.0 Å². The summed E-state index contributed by atoms with van der Waals surface area (Å²) in [5.74, 6) is 1.62. The molecule has 0 spiro atoms. The van der Waals surface area contributed by atoms with Gasteiger partial charge in [0.2, 0.25) is 6.79 Å². The van der Waals surface area contributed by atoms with Gasteiger partial charge >= 0.3 is 0 Å². The number of aliphatic hydroxyl groups is 1. The number of anilines is 1. The highest BCUT2D eigenvalue weighted by Gasteiger charge is 2.16. The van der Waals surface area contributed by atoms with E-state index < -0.39 is 0 Å². The Labute approximate surface area is 95.4 Å². The lowest BCUT2D eigenvalue weighted by Crippen LogP contribution is -2.20. The first-order valence-electron chi connectivity index (χ1n) is 5.44. The van der Waals surface area contributed by atoms with Crippen LogP contribution in [0, 0.1) is 6.92 Å². The summed E-state index contributed by atoms with van der Waals surface area (Å²) in [7, 11) is 2.01. The molecule has 0 aromatic heterocycles. The summed E-state index contributed by atoms with van der Waals surface area (Å²) in [4.78, 5) is 2.12. The fourth-order valence-corrected chi connectivity index (χ4v) is 1.87. The number of hydrogen-bond acceptors (Lipinski definition) is 4. The third-order valence-electron chi connectivity index (χ3n) is 2.75. The molecule has 0 amide bonds. The highest BCUT2D eigenvalue weighted by Crippen LogP contribution is 2.37. The van der Waals surface area contributed by atoms with E-state index in [-0.39, 0.29) is 6.61 Å². The second kappa shape index (κ2) is 4.61. The zero-order valence-corrected chi connectivity index (χ0v) is 9.69. The van der Waals surface area contributed by atoms with Crippen LogP contribution in [-0.2, 0) is 0 Å². The molecule has 4 nitrogen and oxygen atoms in total. The SMILES string of the molecule is Cc1cc2c(cc1N(C)CCCO)OCO2. The molecule has 1 aliphatic heterocycles. The number of aryl methyl sites for hydroxylation is 1. The minimum absolute atomic E-state index is 0.216. The first-order chi connectivity index (χ1) is 7.72. The smallest absolute Gasteiger partial charge is 0.231 e. The van der Waals surface area contributed by atoms with Crippen molar-refractivity contribution in [3.63, 3.8) is 0 Å². The third kappa shape index (κ3) is 2.07. The van der Waals surface area contributed by atoms with Gasteiger partial charge in [-0.1, -0.05) is 0 Å². The van der Waals surface area contributed by atoms with Crippen molar-refractivity contribution in [2.24, 2.45) is 0 Å². The van der Waals surface area contributed by atoms with E-state index in [4.69, 9.17) is 14.6 Å². The molecule has 0 atom stereocenters. The second-order valence-electron chi connectivity index (χ2n) is 3.99.